The monoisotopic (exact) mass is 318 g/mol. The van der Waals surface area contributed by atoms with Crippen LogP contribution in [0.2, 0.25) is 18.1 Å². The van der Waals surface area contributed by atoms with E-state index in [1.165, 1.54) is 0 Å². The molecule has 0 aliphatic heterocycles. The van der Waals surface area contributed by atoms with Crippen molar-refractivity contribution in [3.63, 3.8) is 0 Å². The summed E-state index contributed by atoms with van der Waals surface area (Å²) in [7, 11) is -1.85. The number of Topliss-reactive ketones (excluding diaryl/α,β-unsaturated/α-hetero) is 1. The van der Waals surface area contributed by atoms with E-state index >= 15 is 0 Å². The molecule has 2 aliphatic carbocycles. The van der Waals surface area contributed by atoms with Gasteiger partial charge in [0.25, 0.3) is 0 Å². The zero-order valence-electron chi connectivity index (χ0n) is 12.0. The van der Waals surface area contributed by atoms with Gasteiger partial charge in [-0.15, -0.1) is 0 Å². The number of fused-ring (bicyclic) bond motifs is 1. The van der Waals surface area contributed by atoms with Crippen LogP contribution in [0.5, 0.6) is 0 Å². The fourth-order valence-electron chi connectivity index (χ4n) is 2.06. The van der Waals surface area contributed by atoms with E-state index < -0.39 is 12.7 Å². The minimum absolute atomic E-state index is 0.0994. The molecule has 0 aromatic carbocycles. The number of ketones is 1. The van der Waals surface area contributed by atoms with Crippen LogP contribution < -0.4 is 0 Å². The Balaban J connectivity index is 2.12. The Hall–Kier alpha value is -0.253. The Labute approximate surface area is 125 Å². The van der Waals surface area contributed by atoms with E-state index in [4.69, 9.17) is 27.6 Å². The minimum atomic E-state index is -1.85. The Bertz CT molecular complexity index is 472. The number of carbonyl (C=O) groups excluding carboxylic acids is 1. The van der Waals surface area contributed by atoms with Crippen molar-refractivity contribution in [3.8, 4) is 0 Å². The van der Waals surface area contributed by atoms with Crippen LogP contribution in [0.15, 0.2) is 24.0 Å². The van der Waals surface area contributed by atoms with Crippen LogP contribution in [0.25, 0.3) is 0 Å². The van der Waals surface area contributed by atoms with E-state index in [0.29, 0.717) is 0 Å². The van der Waals surface area contributed by atoms with Crippen molar-refractivity contribution >= 4 is 37.3 Å². The highest BCUT2D eigenvalue weighted by molar-refractivity contribution is 6.74. The predicted octanol–water partition coefficient (Wildman–Crippen LogP) is 4.45. The number of alkyl halides is 2. The van der Waals surface area contributed by atoms with Crippen molar-refractivity contribution < 1.29 is 9.22 Å². The number of rotatable bonds is 2. The minimum Gasteiger partial charge on any atom is -0.549 e. The quantitative estimate of drug-likeness (QED) is 0.427. The topological polar surface area (TPSA) is 26.3 Å². The van der Waals surface area contributed by atoms with Crippen molar-refractivity contribution in [1.29, 1.82) is 0 Å². The van der Waals surface area contributed by atoms with Gasteiger partial charge in [-0.2, -0.15) is 0 Å². The third kappa shape index (κ3) is 2.30. The molecular weight excluding hydrogens is 299 g/mol. The molecule has 2 rings (SSSR count). The summed E-state index contributed by atoms with van der Waals surface area (Å²) in [6.07, 6.45) is 5.57. The molecule has 0 amide bonds. The molecule has 19 heavy (non-hydrogen) atoms. The number of allylic oxidation sites excluding steroid dienone is 3. The van der Waals surface area contributed by atoms with Crippen LogP contribution in [-0.2, 0) is 9.22 Å². The van der Waals surface area contributed by atoms with Crippen molar-refractivity contribution in [2.24, 2.45) is 11.8 Å². The largest absolute Gasteiger partial charge is 0.549 e. The fourth-order valence-corrected chi connectivity index (χ4v) is 3.48. The van der Waals surface area contributed by atoms with Gasteiger partial charge in [-0.25, -0.2) is 0 Å². The van der Waals surface area contributed by atoms with Crippen LogP contribution in [0, 0.1) is 11.8 Å². The first-order valence-corrected chi connectivity index (χ1v) is 10.1. The fraction of sp³-hybridized carbons (Fsp3) is 0.643. The molecule has 0 aromatic heterocycles. The average Bonchev–Trinajstić information content (AvgIpc) is 2.66. The van der Waals surface area contributed by atoms with Crippen LogP contribution in [0.4, 0.5) is 0 Å². The van der Waals surface area contributed by atoms with Gasteiger partial charge in [0, 0.05) is 5.92 Å². The molecule has 2 nitrogen and oxygen atoms in total. The van der Waals surface area contributed by atoms with E-state index in [0.717, 1.165) is 5.57 Å². The Morgan fingerprint density at radius 1 is 1.37 bits per heavy atom. The van der Waals surface area contributed by atoms with Crippen LogP contribution in [0.1, 0.15) is 20.8 Å². The summed E-state index contributed by atoms with van der Waals surface area (Å²) in [5.41, 5.74) is 0.900. The highest BCUT2D eigenvalue weighted by Crippen LogP contribution is 2.55. The lowest BCUT2D eigenvalue weighted by Crippen LogP contribution is -2.54. The molecule has 0 N–H and O–H groups in total. The van der Waals surface area contributed by atoms with Crippen molar-refractivity contribution in [2.75, 3.05) is 0 Å². The van der Waals surface area contributed by atoms with Crippen molar-refractivity contribution in [2.45, 2.75) is 43.2 Å². The van der Waals surface area contributed by atoms with E-state index in [2.05, 4.69) is 33.9 Å². The molecule has 0 aromatic rings. The van der Waals surface area contributed by atoms with E-state index in [1.54, 1.807) is 6.26 Å². The van der Waals surface area contributed by atoms with Crippen molar-refractivity contribution in [1.82, 2.24) is 0 Å². The normalized spacial score (nSPS) is 31.3. The summed E-state index contributed by atoms with van der Waals surface area (Å²) in [6, 6.07) is 0. The molecule has 0 spiro atoms. The summed E-state index contributed by atoms with van der Waals surface area (Å²) in [6.45, 7) is 10.9. The van der Waals surface area contributed by atoms with Gasteiger partial charge in [0.1, 0.15) is 0 Å². The maximum atomic E-state index is 11.9. The number of hydrogen-bond donors (Lipinski definition) is 0. The SMILES string of the molecule is CC(C)(C)[Si](C)(C)OC=C1C=CC2C1C(=O)C2(Cl)Cl. The summed E-state index contributed by atoms with van der Waals surface area (Å²) in [4.78, 5) is 11.9. The van der Waals surface area contributed by atoms with Gasteiger partial charge in [0.2, 0.25) is 8.32 Å². The maximum Gasteiger partial charge on any atom is 0.249 e. The highest BCUT2D eigenvalue weighted by Gasteiger charge is 2.62. The molecular formula is C14H20Cl2O2Si. The predicted molar refractivity (Wildman–Crippen MR) is 81.9 cm³/mol. The van der Waals surface area contributed by atoms with Gasteiger partial charge in [-0.1, -0.05) is 56.1 Å². The number of halogens is 2. The van der Waals surface area contributed by atoms with Gasteiger partial charge in [-0.3, -0.25) is 4.79 Å². The Kier molecular flexibility index (Phi) is 3.48. The number of hydrogen-bond acceptors (Lipinski definition) is 2. The molecule has 0 saturated heterocycles. The molecule has 0 bridgehead atoms. The van der Waals surface area contributed by atoms with E-state index in [9.17, 15) is 4.79 Å². The first-order valence-electron chi connectivity index (χ1n) is 6.47. The summed E-state index contributed by atoms with van der Waals surface area (Å²) < 4.78 is 4.79. The second-order valence-corrected chi connectivity index (χ2v) is 13.0. The Morgan fingerprint density at radius 2 is 1.95 bits per heavy atom. The first kappa shape index (κ1) is 15.1. The van der Waals surface area contributed by atoms with Gasteiger partial charge in [-0.05, 0) is 23.7 Å². The molecule has 0 radical (unpaired) electrons. The molecule has 2 aliphatic rings. The summed E-state index contributed by atoms with van der Waals surface area (Å²) in [5, 5.41) is 0.137. The van der Waals surface area contributed by atoms with Crippen LogP contribution in [0.3, 0.4) is 0 Å². The molecule has 106 valence electrons. The van der Waals surface area contributed by atoms with Gasteiger partial charge >= 0.3 is 0 Å². The second-order valence-electron chi connectivity index (χ2n) is 6.85. The highest BCUT2D eigenvalue weighted by atomic mass is 35.5. The summed E-state index contributed by atoms with van der Waals surface area (Å²) >= 11 is 12.0. The third-order valence-electron chi connectivity index (χ3n) is 4.54. The van der Waals surface area contributed by atoms with E-state index in [-0.39, 0.29) is 22.7 Å². The van der Waals surface area contributed by atoms with Crippen LogP contribution >= 0.6 is 23.2 Å². The molecule has 2 atom stereocenters. The zero-order valence-corrected chi connectivity index (χ0v) is 14.5. The van der Waals surface area contributed by atoms with Crippen molar-refractivity contribution in [3.05, 3.63) is 24.0 Å². The van der Waals surface area contributed by atoms with Gasteiger partial charge in [0.15, 0.2) is 10.1 Å². The molecule has 1 fully saturated rings. The maximum absolute atomic E-state index is 11.9. The van der Waals surface area contributed by atoms with Gasteiger partial charge < -0.3 is 4.43 Å². The molecule has 0 heterocycles. The van der Waals surface area contributed by atoms with E-state index in [1.807, 2.05) is 12.2 Å². The lowest BCUT2D eigenvalue weighted by Gasteiger charge is -2.41. The standard InChI is InChI=1S/C14H20Cl2O2Si/c1-13(2,3)19(4,5)18-8-9-6-7-10-11(9)12(17)14(10,15)16/h6-8,10-11H,1-5H3. The lowest BCUT2D eigenvalue weighted by atomic mass is 9.72. The summed E-state index contributed by atoms with van der Waals surface area (Å²) in [5.74, 6) is -0.423. The third-order valence-corrected chi connectivity index (χ3v) is 9.74. The molecule has 2 unspecified atom stereocenters. The molecule has 5 heteroatoms. The molecule has 1 saturated carbocycles. The zero-order chi connectivity index (χ0) is 14.6. The Morgan fingerprint density at radius 3 is 2.47 bits per heavy atom. The average molecular weight is 319 g/mol. The van der Waals surface area contributed by atoms with Crippen LogP contribution in [-0.4, -0.2) is 18.4 Å². The first-order chi connectivity index (χ1) is 8.48. The lowest BCUT2D eigenvalue weighted by molar-refractivity contribution is -0.131. The number of carbonyl (C=O) groups is 1. The van der Waals surface area contributed by atoms with Gasteiger partial charge in [0.05, 0.1) is 12.2 Å². The second kappa shape index (κ2) is 4.37. The smallest absolute Gasteiger partial charge is 0.249 e.